The van der Waals surface area contributed by atoms with E-state index in [4.69, 9.17) is 47.4 Å². The Morgan fingerprint density at radius 3 is 1.07 bits per heavy atom. The lowest BCUT2D eigenvalue weighted by atomic mass is 9.91. The molecule has 60 heavy (non-hydrogen) atoms. The second kappa shape index (κ2) is 24.3. The molecule has 0 spiro atoms. The number of para-hydroxylation sites is 2. The minimum atomic E-state index is 0.349. The van der Waals surface area contributed by atoms with Gasteiger partial charge in [0, 0.05) is 47.9 Å². The molecule has 0 saturated heterocycles. The maximum Gasteiger partial charge on any atom is 0.126 e. The van der Waals surface area contributed by atoms with Crippen molar-refractivity contribution in [1.29, 1.82) is 0 Å². The Morgan fingerprint density at radius 1 is 0.450 bits per heavy atom. The van der Waals surface area contributed by atoms with Crippen LogP contribution in [-0.4, -0.2) is 92.5 Å². The fourth-order valence-electron chi connectivity index (χ4n) is 7.42. The molecule has 0 N–H and O–H groups in total. The highest BCUT2D eigenvalue weighted by Crippen LogP contribution is 2.41. The van der Waals surface area contributed by atoms with Crippen LogP contribution in [0.4, 0.5) is 0 Å². The van der Waals surface area contributed by atoms with Crippen molar-refractivity contribution >= 4 is 0 Å². The van der Waals surface area contributed by atoms with Crippen molar-refractivity contribution in [2.24, 2.45) is 0 Å². The maximum absolute atomic E-state index is 6.77. The molecular weight excluding hydrogens is 761 g/mol. The third kappa shape index (κ3) is 12.8. The van der Waals surface area contributed by atoms with Gasteiger partial charge >= 0.3 is 0 Å². The van der Waals surface area contributed by atoms with Crippen molar-refractivity contribution in [3.05, 3.63) is 130 Å². The Hall–Kier alpha value is -5.00. The molecule has 6 rings (SSSR count). The van der Waals surface area contributed by atoms with E-state index in [1.54, 1.807) is 12.2 Å². The predicted octanol–water partition coefficient (Wildman–Crippen LogP) is 8.91. The van der Waals surface area contributed by atoms with E-state index in [-0.39, 0.29) is 0 Å². The van der Waals surface area contributed by atoms with Gasteiger partial charge in [-0.3, -0.25) is 0 Å². The van der Waals surface area contributed by atoms with Crippen LogP contribution in [0.5, 0.6) is 34.5 Å². The fourth-order valence-corrected chi connectivity index (χ4v) is 7.42. The number of benzene rings is 4. The minimum Gasteiger partial charge on any atom is -0.493 e. The third-order valence-corrected chi connectivity index (χ3v) is 10.0. The zero-order valence-corrected chi connectivity index (χ0v) is 35.6. The average molecular weight is 823 g/mol. The summed E-state index contributed by atoms with van der Waals surface area (Å²) in [7, 11) is 0. The summed E-state index contributed by atoms with van der Waals surface area (Å²) < 4.78 is 62.9. The van der Waals surface area contributed by atoms with Crippen LogP contribution in [0.2, 0.25) is 0 Å². The zero-order chi connectivity index (χ0) is 41.8. The summed E-state index contributed by atoms with van der Waals surface area (Å²) in [5.74, 6) is 4.75. The number of ether oxygens (including phenoxy) is 10. The summed E-state index contributed by atoms with van der Waals surface area (Å²) in [4.78, 5) is 0. The van der Waals surface area contributed by atoms with E-state index in [9.17, 15) is 0 Å². The van der Waals surface area contributed by atoms with E-state index in [2.05, 4.69) is 87.7 Å². The highest BCUT2D eigenvalue weighted by molar-refractivity contribution is 5.58. The van der Waals surface area contributed by atoms with Gasteiger partial charge in [-0.1, -0.05) is 75.6 Å². The first kappa shape index (κ1) is 44.5. The second-order valence-electron chi connectivity index (χ2n) is 14.7. The number of hydrogen-bond donors (Lipinski definition) is 0. The molecule has 10 bridgehead atoms. The van der Waals surface area contributed by atoms with Crippen LogP contribution in [0.1, 0.15) is 71.2 Å². The first-order valence-electron chi connectivity index (χ1n) is 21.4. The van der Waals surface area contributed by atoms with Gasteiger partial charge in [-0.2, -0.15) is 0 Å². The van der Waals surface area contributed by atoms with Crippen LogP contribution in [-0.2, 0) is 44.6 Å². The van der Waals surface area contributed by atoms with Crippen LogP contribution in [0.25, 0.3) is 0 Å². The van der Waals surface area contributed by atoms with Gasteiger partial charge in [0.05, 0.1) is 66.1 Å². The van der Waals surface area contributed by atoms with E-state index in [0.29, 0.717) is 118 Å². The van der Waals surface area contributed by atoms with Gasteiger partial charge in [-0.15, -0.1) is 0 Å². The monoisotopic (exact) mass is 822 g/mol. The summed E-state index contributed by atoms with van der Waals surface area (Å²) in [5.41, 5.74) is 8.05. The van der Waals surface area contributed by atoms with Crippen LogP contribution in [0.15, 0.2) is 86.0 Å². The Labute approximate surface area is 356 Å². The molecule has 10 nitrogen and oxygen atoms in total. The summed E-state index contributed by atoms with van der Waals surface area (Å²) >= 11 is 0. The molecule has 0 atom stereocenters. The highest BCUT2D eigenvalue weighted by Gasteiger charge is 2.24. The Kier molecular flexibility index (Phi) is 18.0. The van der Waals surface area contributed by atoms with Crippen LogP contribution < -0.4 is 28.4 Å². The average Bonchev–Trinajstić information content (AvgIpc) is 3.25. The molecule has 10 heteroatoms. The second-order valence-corrected chi connectivity index (χ2v) is 14.7. The largest absolute Gasteiger partial charge is 0.493 e. The van der Waals surface area contributed by atoms with Crippen molar-refractivity contribution in [1.82, 2.24) is 0 Å². The quantitative estimate of drug-likeness (QED) is 0.114. The Bertz CT molecular complexity index is 1740. The number of rotatable bonds is 12. The van der Waals surface area contributed by atoms with E-state index in [0.717, 1.165) is 91.8 Å². The molecule has 0 fully saturated rings. The summed E-state index contributed by atoms with van der Waals surface area (Å²) in [6.45, 7) is 18.2. The van der Waals surface area contributed by atoms with E-state index >= 15 is 0 Å². The predicted molar refractivity (Wildman–Crippen MR) is 234 cm³/mol. The molecule has 1 aliphatic heterocycles. The standard InChI is InChI=1S/C50H62O10/c1-5-15-55-45-33-41-29-37-11-9-13-39(47(37)57-17-7-3)31-43-35-46(56-16-6-2)36-44-32-40-14-10-12-38(48(40)58-18-8-4)30-42(34-45)49(41)59-27-25-53-23-21-51-19-20-52-22-24-54-26-28-60-50(43)44/h5-6,9-14,33-36H,1-2,7-8,15-32H2,3-4H3. The van der Waals surface area contributed by atoms with Crippen LogP contribution in [0.3, 0.4) is 0 Å². The fraction of sp³-hybridized carbons (Fsp3) is 0.440. The summed E-state index contributed by atoms with van der Waals surface area (Å²) in [6.07, 6.45) is 7.37. The van der Waals surface area contributed by atoms with Gasteiger partial charge < -0.3 is 47.4 Å². The van der Waals surface area contributed by atoms with Gasteiger partial charge in [0.1, 0.15) is 60.9 Å². The highest BCUT2D eigenvalue weighted by atomic mass is 16.6. The molecule has 1 heterocycles. The smallest absolute Gasteiger partial charge is 0.126 e. The minimum absolute atomic E-state index is 0.349. The van der Waals surface area contributed by atoms with Crippen molar-refractivity contribution in [2.75, 3.05) is 92.5 Å². The van der Waals surface area contributed by atoms with Crippen molar-refractivity contribution in [3.8, 4) is 34.5 Å². The van der Waals surface area contributed by atoms with Gasteiger partial charge in [0.15, 0.2) is 0 Å². The maximum atomic E-state index is 6.77. The Balaban J connectivity index is 1.58. The van der Waals surface area contributed by atoms with Crippen molar-refractivity contribution in [3.63, 3.8) is 0 Å². The van der Waals surface area contributed by atoms with Gasteiger partial charge in [-0.25, -0.2) is 0 Å². The molecule has 4 aromatic carbocycles. The molecular formula is C50H62O10. The lowest BCUT2D eigenvalue weighted by molar-refractivity contribution is -0.00706. The van der Waals surface area contributed by atoms with E-state index in [1.807, 2.05) is 0 Å². The van der Waals surface area contributed by atoms with Crippen LogP contribution >= 0.6 is 0 Å². The van der Waals surface area contributed by atoms with Gasteiger partial charge in [-0.05, 0) is 59.4 Å². The third-order valence-electron chi connectivity index (χ3n) is 10.0. The topological polar surface area (TPSA) is 92.3 Å². The summed E-state index contributed by atoms with van der Waals surface area (Å²) in [5, 5.41) is 0. The van der Waals surface area contributed by atoms with Crippen molar-refractivity contribution < 1.29 is 47.4 Å². The normalized spacial score (nSPS) is 15.4. The number of hydrogen-bond acceptors (Lipinski definition) is 10. The SMILES string of the molecule is C=CCOc1cc2c3c(c1)Cc1cccc(c1OCCC)Cc1cc(OCC=C)cc(c1OCCOCCOCCOCCOCCO3)Cc1cccc(c1OCCC)C2. The van der Waals surface area contributed by atoms with Crippen LogP contribution in [0, 0.1) is 0 Å². The molecule has 0 saturated carbocycles. The van der Waals surface area contributed by atoms with Gasteiger partial charge in [0.25, 0.3) is 0 Å². The van der Waals surface area contributed by atoms with Gasteiger partial charge in [0.2, 0.25) is 0 Å². The summed E-state index contributed by atoms with van der Waals surface area (Å²) in [6, 6.07) is 21.1. The molecule has 0 amide bonds. The molecule has 0 radical (unpaired) electrons. The molecule has 4 aromatic rings. The molecule has 322 valence electrons. The molecule has 1 aliphatic carbocycles. The number of fused-ring (bicyclic) bond motifs is 2. The first-order chi connectivity index (χ1) is 29.6. The molecule has 0 aromatic heterocycles. The zero-order valence-electron chi connectivity index (χ0n) is 35.6. The Morgan fingerprint density at radius 2 is 0.767 bits per heavy atom. The lowest BCUT2D eigenvalue weighted by Gasteiger charge is -2.24. The molecule has 2 aliphatic rings. The first-order valence-corrected chi connectivity index (χ1v) is 21.4. The van der Waals surface area contributed by atoms with Crippen molar-refractivity contribution in [2.45, 2.75) is 52.4 Å². The van der Waals surface area contributed by atoms with E-state index in [1.165, 1.54) is 0 Å². The molecule has 0 unspecified atom stereocenters. The van der Waals surface area contributed by atoms with E-state index < -0.39 is 0 Å². The lowest BCUT2D eigenvalue weighted by Crippen LogP contribution is -2.15.